The molecule has 0 radical (unpaired) electrons. The van der Waals surface area contributed by atoms with Crippen LogP contribution in [0.25, 0.3) is 5.69 Å². The fourth-order valence-corrected chi connectivity index (χ4v) is 4.94. The zero-order valence-electron chi connectivity index (χ0n) is 27.4. The molecule has 0 amide bonds. The summed E-state index contributed by atoms with van der Waals surface area (Å²) in [5.41, 5.74) is 1.04. The normalized spacial score (nSPS) is 20.6. The van der Waals surface area contributed by atoms with E-state index in [4.69, 9.17) is 33.2 Å². The number of aromatic nitrogens is 3. The molecule has 3 rings (SSSR count). The molecule has 258 valence electrons. The molecular formula is C32H43N3O12. The summed E-state index contributed by atoms with van der Waals surface area (Å²) in [6.45, 7) is 6.42. The van der Waals surface area contributed by atoms with E-state index in [1.54, 1.807) is 24.3 Å². The topological polar surface area (TPSA) is 181 Å². The van der Waals surface area contributed by atoms with E-state index in [1.807, 2.05) is 0 Å². The van der Waals surface area contributed by atoms with Crippen molar-refractivity contribution in [3.63, 3.8) is 0 Å². The van der Waals surface area contributed by atoms with Crippen LogP contribution in [0.3, 0.4) is 0 Å². The Morgan fingerprint density at radius 3 is 2.11 bits per heavy atom. The van der Waals surface area contributed by atoms with Crippen LogP contribution in [0.4, 0.5) is 0 Å². The van der Waals surface area contributed by atoms with Gasteiger partial charge >= 0.3 is 29.8 Å². The predicted octanol–water partition coefficient (Wildman–Crippen LogP) is 3.38. The van der Waals surface area contributed by atoms with Crippen LogP contribution in [0.5, 0.6) is 0 Å². The Labute approximate surface area is 273 Å². The first-order chi connectivity index (χ1) is 22.5. The molecule has 15 nitrogen and oxygen atoms in total. The van der Waals surface area contributed by atoms with Gasteiger partial charge in [0.1, 0.15) is 18.4 Å². The smallest absolute Gasteiger partial charge is 0.340 e. The lowest BCUT2D eigenvalue weighted by Crippen LogP contribution is -2.62. The second kappa shape index (κ2) is 18.7. The molecule has 1 aliphatic rings. The van der Waals surface area contributed by atoms with Crippen molar-refractivity contribution in [2.45, 2.75) is 110 Å². The molecule has 2 aromatic rings. The lowest BCUT2D eigenvalue weighted by atomic mass is 9.98. The SMILES string of the molecule is CCCCCCCCOC(=O)c1ccccc1-n1cc(CO[C@H]2O[C@H](COC(C)=O)[C@@H](OC(C)=O)[C@H](OC(C)=O)[C@@H]2OC(C)=O)nn1. The van der Waals surface area contributed by atoms with Crippen molar-refractivity contribution < 1.29 is 57.1 Å². The summed E-state index contributed by atoms with van der Waals surface area (Å²) in [4.78, 5) is 60.5. The maximum Gasteiger partial charge on any atom is 0.340 e. The van der Waals surface area contributed by atoms with Crippen molar-refractivity contribution in [2.24, 2.45) is 0 Å². The van der Waals surface area contributed by atoms with E-state index < -0.39 is 60.6 Å². The van der Waals surface area contributed by atoms with E-state index in [1.165, 1.54) is 30.6 Å². The highest BCUT2D eigenvalue weighted by Gasteiger charge is 2.52. The molecule has 47 heavy (non-hydrogen) atoms. The Balaban J connectivity index is 1.76. The first-order valence-electron chi connectivity index (χ1n) is 15.6. The molecule has 2 heterocycles. The van der Waals surface area contributed by atoms with Crippen LogP contribution in [0.1, 0.15) is 89.2 Å². The second-order valence-corrected chi connectivity index (χ2v) is 11.0. The molecule has 0 aliphatic carbocycles. The van der Waals surface area contributed by atoms with Crippen LogP contribution in [0.2, 0.25) is 0 Å². The maximum atomic E-state index is 12.9. The molecule has 0 spiro atoms. The minimum absolute atomic E-state index is 0.238. The van der Waals surface area contributed by atoms with Gasteiger partial charge < -0.3 is 33.2 Å². The lowest BCUT2D eigenvalue weighted by Gasteiger charge is -2.43. The number of benzene rings is 1. The molecule has 0 unspecified atom stereocenters. The summed E-state index contributed by atoms with van der Waals surface area (Å²) in [6, 6.07) is 6.79. The first-order valence-corrected chi connectivity index (χ1v) is 15.6. The molecule has 1 aromatic carbocycles. The Hall–Kier alpha value is -4.37. The number of carbonyl (C=O) groups is 5. The number of unbranched alkanes of at least 4 members (excludes halogenated alkanes) is 5. The standard InChI is InChI=1S/C32H43N3O12/c1-6-7-8-9-10-13-16-41-31(40)25-14-11-12-15-26(25)35-17-24(33-34-35)18-43-32-30(46-23(5)39)29(45-22(4)38)28(44-21(3)37)27(47-32)19-42-20(2)36/h11-12,14-15,17,27-30,32H,6-10,13,16,18-19H2,1-5H3/t27-,28-,29+,30+,32+/m1/s1. The lowest BCUT2D eigenvalue weighted by molar-refractivity contribution is -0.310. The monoisotopic (exact) mass is 661 g/mol. The summed E-state index contributed by atoms with van der Waals surface area (Å²) >= 11 is 0. The van der Waals surface area contributed by atoms with Gasteiger partial charge in [0.25, 0.3) is 0 Å². The third-order valence-corrected chi connectivity index (χ3v) is 6.99. The number of ether oxygens (including phenoxy) is 7. The van der Waals surface area contributed by atoms with Crippen LogP contribution in [0, 0.1) is 0 Å². The van der Waals surface area contributed by atoms with Crippen LogP contribution >= 0.6 is 0 Å². The van der Waals surface area contributed by atoms with Gasteiger partial charge in [-0.2, -0.15) is 0 Å². The Morgan fingerprint density at radius 2 is 1.43 bits per heavy atom. The van der Waals surface area contributed by atoms with Crippen molar-refractivity contribution in [1.82, 2.24) is 15.0 Å². The molecule has 1 fully saturated rings. The number of rotatable bonds is 17. The highest BCUT2D eigenvalue weighted by Crippen LogP contribution is 2.30. The average Bonchev–Trinajstić information content (AvgIpc) is 3.49. The zero-order chi connectivity index (χ0) is 34.3. The maximum absolute atomic E-state index is 12.9. The van der Waals surface area contributed by atoms with E-state index in [-0.39, 0.29) is 13.2 Å². The van der Waals surface area contributed by atoms with Gasteiger partial charge in [-0.15, -0.1) is 5.10 Å². The van der Waals surface area contributed by atoms with Gasteiger partial charge in [-0.1, -0.05) is 56.4 Å². The number of carbonyl (C=O) groups excluding carboxylic acids is 5. The fraction of sp³-hybridized carbons (Fsp3) is 0.594. The quantitative estimate of drug-likeness (QED) is 0.137. The van der Waals surface area contributed by atoms with E-state index in [0.717, 1.165) is 46.5 Å². The number of hydrogen-bond acceptors (Lipinski definition) is 14. The third kappa shape index (κ3) is 11.7. The van der Waals surface area contributed by atoms with Crippen LogP contribution in [0.15, 0.2) is 30.5 Å². The summed E-state index contributed by atoms with van der Waals surface area (Å²) < 4.78 is 40.1. The largest absolute Gasteiger partial charge is 0.463 e. The number of para-hydroxylation sites is 1. The molecular weight excluding hydrogens is 618 g/mol. The van der Waals surface area contributed by atoms with Crippen molar-refractivity contribution in [3.8, 4) is 5.69 Å². The van der Waals surface area contributed by atoms with E-state index in [2.05, 4.69) is 17.2 Å². The molecule has 0 saturated carbocycles. The van der Waals surface area contributed by atoms with Crippen LogP contribution in [-0.4, -0.2) is 88.8 Å². The minimum atomic E-state index is -1.38. The zero-order valence-corrected chi connectivity index (χ0v) is 27.4. The van der Waals surface area contributed by atoms with Gasteiger partial charge in [-0.25, -0.2) is 9.48 Å². The molecule has 0 N–H and O–H groups in total. The number of nitrogens with zero attached hydrogens (tertiary/aromatic N) is 3. The van der Waals surface area contributed by atoms with E-state index in [9.17, 15) is 24.0 Å². The summed E-state index contributed by atoms with van der Waals surface area (Å²) in [5, 5.41) is 8.25. The van der Waals surface area contributed by atoms with Gasteiger partial charge in [0.05, 0.1) is 30.7 Å². The van der Waals surface area contributed by atoms with Crippen LogP contribution < -0.4 is 0 Å². The first kappa shape index (κ1) is 37.1. The van der Waals surface area contributed by atoms with Gasteiger partial charge in [0.2, 0.25) is 0 Å². The van der Waals surface area contributed by atoms with Crippen molar-refractivity contribution in [1.29, 1.82) is 0 Å². The van der Waals surface area contributed by atoms with Crippen LogP contribution in [-0.2, 0) is 58.9 Å². The van der Waals surface area contributed by atoms with Crippen molar-refractivity contribution >= 4 is 29.8 Å². The predicted molar refractivity (Wildman–Crippen MR) is 162 cm³/mol. The minimum Gasteiger partial charge on any atom is -0.463 e. The summed E-state index contributed by atoms with van der Waals surface area (Å²) in [6.07, 6.45) is 1.32. The van der Waals surface area contributed by atoms with Crippen molar-refractivity contribution in [2.75, 3.05) is 13.2 Å². The number of esters is 5. The summed E-state index contributed by atoms with van der Waals surface area (Å²) in [7, 11) is 0. The van der Waals surface area contributed by atoms with E-state index in [0.29, 0.717) is 23.6 Å². The Morgan fingerprint density at radius 1 is 0.787 bits per heavy atom. The third-order valence-electron chi connectivity index (χ3n) is 6.99. The average molecular weight is 662 g/mol. The Bertz CT molecular complexity index is 1360. The highest BCUT2D eigenvalue weighted by atomic mass is 16.7. The van der Waals surface area contributed by atoms with Crippen molar-refractivity contribution in [3.05, 3.63) is 41.7 Å². The molecule has 5 atom stereocenters. The number of hydrogen-bond donors (Lipinski definition) is 0. The van der Waals surface area contributed by atoms with Gasteiger partial charge in [0, 0.05) is 27.7 Å². The Kier molecular flexibility index (Phi) is 14.8. The highest BCUT2D eigenvalue weighted by molar-refractivity contribution is 5.93. The van der Waals surface area contributed by atoms with Gasteiger partial charge in [-0.3, -0.25) is 19.2 Å². The van der Waals surface area contributed by atoms with Gasteiger partial charge in [0.15, 0.2) is 24.6 Å². The molecule has 15 heteroatoms. The van der Waals surface area contributed by atoms with Gasteiger partial charge in [-0.05, 0) is 18.6 Å². The molecule has 1 aromatic heterocycles. The molecule has 1 aliphatic heterocycles. The molecule has 1 saturated heterocycles. The second-order valence-electron chi connectivity index (χ2n) is 11.0. The summed E-state index contributed by atoms with van der Waals surface area (Å²) in [5.74, 6) is -3.38. The molecule has 0 bridgehead atoms. The fourth-order valence-electron chi connectivity index (χ4n) is 4.94. The van der Waals surface area contributed by atoms with E-state index >= 15 is 0 Å².